The number of likely N-dealkylation sites (tertiary alicyclic amines) is 1. The molecule has 0 spiro atoms. The van der Waals surface area contributed by atoms with Crippen molar-refractivity contribution in [2.45, 2.75) is 123 Å². The number of esters is 2. The largest absolute Gasteiger partial charge is 0.469 e. The SMILES string of the molecule is COC(=O)C1CCCN(C(=O)OC(C)(C)C)C1.COC(=O)C1CN(C(=O)OC(C)(C)C)CCN1C(C#N)c1cncn1[C@H](C)c1ccc(F)cc1.C[C@H](c1ccc(F)cc1)n1cncc1C=O.C[Si](C)(C)C#N. The summed E-state index contributed by atoms with van der Waals surface area (Å²) in [5.41, 5.74) is 3.94. The number of hydrogen-bond donors (Lipinski definition) is 0. The molecule has 0 saturated carbocycles. The van der Waals surface area contributed by atoms with Crippen LogP contribution in [0.15, 0.2) is 73.6 Å². The van der Waals surface area contributed by atoms with Crippen LogP contribution >= 0.6 is 0 Å². The van der Waals surface area contributed by atoms with Gasteiger partial charge in [-0.3, -0.25) is 19.3 Å². The lowest BCUT2D eigenvalue weighted by molar-refractivity contribution is -0.150. The second-order valence-electron chi connectivity index (χ2n) is 20.4. The van der Waals surface area contributed by atoms with E-state index in [-0.39, 0.29) is 61.3 Å². The molecule has 2 aromatic heterocycles. The predicted octanol–water partition coefficient (Wildman–Crippen LogP) is 8.93. The van der Waals surface area contributed by atoms with Crippen molar-refractivity contribution < 1.29 is 51.7 Å². The normalized spacial score (nSPS) is 17.1. The van der Waals surface area contributed by atoms with Gasteiger partial charge in [-0.25, -0.2) is 33.6 Å². The average molecular weight is 1030 g/mol. The molecule has 2 amide bonds. The van der Waals surface area contributed by atoms with Crippen molar-refractivity contribution in [2.24, 2.45) is 5.92 Å². The van der Waals surface area contributed by atoms with Crippen LogP contribution in [0.25, 0.3) is 0 Å². The van der Waals surface area contributed by atoms with Gasteiger partial charge in [0.15, 0.2) is 14.4 Å². The van der Waals surface area contributed by atoms with Crippen LogP contribution in [0.4, 0.5) is 18.4 Å². The molecule has 3 unspecified atom stereocenters. The smallest absolute Gasteiger partial charge is 0.410 e. The predicted molar refractivity (Wildman–Crippen MR) is 270 cm³/mol. The van der Waals surface area contributed by atoms with Gasteiger partial charge in [0.1, 0.15) is 40.6 Å². The number of rotatable bonds is 9. The van der Waals surface area contributed by atoms with Crippen molar-refractivity contribution in [3.8, 4) is 11.8 Å². The van der Waals surface area contributed by atoms with E-state index in [0.29, 0.717) is 24.5 Å². The van der Waals surface area contributed by atoms with Crippen molar-refractivity contribution in [2.75, 3.05) is 46.9 Å². The maximum atomic E-state index is 13.4. The van der Waals surface area contributed by atoms with Crippen molar-refractivity contribution in [3.05, 3.63) is 108 Å². The van der Waals surface area contributed by atoms with Gasteiger partial charge < -0.3 is 37.9 Å². The van der Waals surface area contributed by atoms with Gasteiger partial charge in [-0.1, -0.05) is 43.9 Å². The lowest BCUT2D eigenvalue weighted by Crippen LogP contribution is -2.59. The molecule has 2 fully saturated rings. The summed E-state index contributed by atoms with van der Waals surface area (Å²) in [6.07, 6.45) is 7.75. The van der Waals surface area contributed by atoms with Crippen molar-refractivity contribution in [1.82, 2.24) is 33.8 Å². The summed E-state index contributed by atoms with van der Waals surface area (Å²) in [5.74, 6) is -1.62. The minimum atomic E-state index is -1.33. The Hall–Kier alpha value is -6.97. The van der Waals surface area contributed by atoms with Crippen molar-refractivity contribution in [1.29, 1.82) is 10.5 Å². The third kappa shape index (κ3) is 18.9. The van der Waals surface area contributed by atoms with Crippen LogP contribution in [0.5, 0.6) is 0 Å². The van der Waals surface area contributed by atoms with Gasteiger partial charge in [-0.2, -0.15) is 5.26 Å². The van der Waals surface area contributed by atoms with Gasteiger partial charge in [-0.15, -0.1) is 0 Å². The summed E-state index contributed by atoms with van der Waals surface area (Å²) >= 11 is 0. The molecule has 5 atom stereocenters. The molecule has 4 heterocycles. The molecule has 6 rings (SSSR count). The Balaban J connectivity index is 0.000000300. The van der Waals surface area contributed by atoms with E-state index in [9.17, 15) is 38.0 Å². The van der Waals surface area contributed by atoms with Gasteiger partial charge in [0.2, 0.25) is 0 Å². The molecule has 4 aromatic rings. The molecule has 2 aromatic carbocycles. The molecule has 396 valence electrons. The summed E-state index contributed by atoms with van der Waals surface area (Å²) in [6.45, 7) is 22.3. The maximum Gasteiger partial charge on any atom is 0.410 e. The van der Waals surface area contributed by atoms with Crippen LogP contribution in [-0.4, -0.2) is 136 Å². The molecular weight excluding hydrogens is 961 g/mol. The van der Waals surface area contributed by atoms with Crippen LogP contribution in [0.1, 0.15) is 114 Å². The van der Waals surface area contributed by atoms with E-state index < -0.39 is 43.4 Å². The molecular formula is C52H71F2N9O9Si. The number of aromatic nitrogens is 4. The number of amides is 2. The highest BCUT2D eigenvalue weighted by atomic mass is 28.3. The van der Waals surface area contributed by atoms with Gasteiger partial charge in [0, 0.05) is 31.9 Å². The van der Waals surface area contributed by atoms with Crippen molar-refractivity contribution in [3.63, 3.8) is 0 Å². The highest BCUT2D eigenvalue weighted by Crippen LogP contribution is 2.30. The molecule has 73 heavy (non-hydrogen) atoms. The number of ether oxygens (including phenoxy) is 4. The molecule has 0 aliphatic carbocycles. The molecule has 18 nitrogen and oxygen atoms in total. The topological polar surface area (TPSA) is 215 Å². The Morgan fingerprint density at radius 1 is 0.726 bits per heavy atom. The fraction of sp³-hybridized carbons (Fsp3) is 0.519. The number of hydrogen-bond acceptors (Lipinski definition) is 14. The van der Waals surface area contributed by atoms with Gasteiger partial charge >= 0.3 is 24.1 Å². The fourth-order valence-electron chi connectivity index (χ4n) is 7.47. The first kappa shape index (κ1) is 60.3. The number of benzene rings is 2. The second kappa shape index (κ2) is 27.2. The van der Waals surface area contributed by atoms with Gasteiger partial charge in [0.25, 0.3) is 0 Å². The number of nitrogens with zero attached hydrogens (tertiary/aromatic N) is 9. The van der Waals surface area contributed by atoms with E-state index in [2.05, 4.69) is 21.7 Å². The lowest BCUT2D eigenvalue weighted by Gasteiger charge is -2.42. The number of halogens is 2. The summed E-state index contributed by atoms with van der Waals surface area (Å²) in [5, 5.41) is 18.3. The number of piperazine rings is 1. The van der Waals surface area contributed by atoms with Crippen LogP contribution in [0.2, 0.25) is 19.6 Å². The first-order valence-electron chi connectivity index (χ1n) is 23.8. The number of carbonyl (C=O) groups excluding carboxylic acids is 5. The first-order valence-corrected chi connectivity index (χ1v) is 27.3. The zero-order chi connectivity index (χ0) is 54.8. The Labute approximate surface area is 428 Å². The third-order valence-electron chi connectivity index (χ3n) is 11.3. The minimum absolute atomic E-state index is 0.0292. The molecule has 2 saturated heterocycles. The molecule has 2 aliphatic rings. The number of carbonyl (C=O) groups is 5. The van der Waals surface area contributed by atoms with E-state index >= 15 is 0 Å². The maximum absolute atomic E-state index is 13.4. The number of imidazole rings is 2. The highest BCUT2D eigenvalue weighted by Gasteiger charge is 2.41. The second-order valence-corrected chi connectivity index (χ2v) is 25.1. The minimum Gasteiger partial charge on any atom is -0.469 e. The van der Waals surface area contributed by atoms with Crippen LogP contribution in [0, 0.1) is 39.8 Å². The van der Waals surface area contributed by atoms with E-state index in [4.69, 9.17) is 24.2 Å². The molecule has 0 bridgehead atoms. The number of methoxy groups -OCH3 is 2. The third-order valence-corrected chi connectivity index (χ3v) is 11.9. The Morgan fingerprint density at radius 3 is 1.64 bits per heavy atom. The highest BCUT2D eigenvalue weighted by molar-refractivity contribution is 6.83. The lowest BCUT2D eigenvalue weighted by atomic mass is 9.99. The number of piperidine rings is 1. The fourth-order valence-corrected chi connectivity index (χ4v) is 7.47. The summed E-state index contributed by atoms with van der Waals surface area (Å²) in [7, 11) is 1.32. The van der Waals surface area contributed by atoms with Crippen LogP contribution < -0.4 is 0 Å². The Morgan fingerprint density at radius 2 is 1.19 bits per heavy atom. The number of nitriles is 2. The molecule has 0 N–H and O–H groups in total. The summed E-state index contributed by atoms with van der Waals surface area (Å²) < 4.78 is 50.1. The number of aldehydes is 1. The standard InChI is InChI=1S/C24H30FN5O4.C12H11FN2O.C12H21NO4.C4H9NSi/c1-16(17-6-8-18(25)9-7-17)30-15-27-13-20(30)19(12-26)29-11-10-28(14-21(29)22(31)33-5)23(32)34-24(2,3)4;1-9(10-2-4-11(13)5-3-10)15-8-14-6-12(15)7-16;1-12(2,3)17-11(15)13-7-5-6-9(8-13)10(14)16-4;1-6(2,3)4-5/h6-9,13,15-16,19,21H,10-11,14H2,1-5H3;2-9H,1H3;9H,5-8H2,1-4H3;1-3H3/t16-,19?,21?;9-;;/m11../s1. The van der Waals surface area contributed by atoms with Crippen LogP contribution in [0.3, 0.4) is 0 Å². The average Bonchev–Trinajstić information content (AvgIpc) is 4.04. The van der Waals surface area contributed by atoms with E-state index in [1.165, 1.54) is 49.6 Å². The van der Waals surface area contributed by atoms with Crippen LogP contribution in [-0.2, 0) is 28.5 Å². The van der Waals surface area contributed by atoms with Gasteiger partial charge in [0.05, 0.1) is 75.6 Å². The molecule has 2 aliphatic heterocycles. The quantitative estimate of drug-likeness (QED) is 0.0662. The zero-order valence-electron chi connectivity index (χ0n) is 44.3. The Kier molecular flexibility index (Phi) is 22.5. The van der Waals surface area contributed by atoms with E-state index in [1.54, 1.807) is 78.3 Å². The van der Waals surface area contributed by atoms with E-state index in [1.807, 2.05) is 58.8 Å². The monoisotopic (exact) mass is 1030 g/mol. The van der Waals surface area contributed by atoms with Gasteiger partial charge in [-0.05, 0) is 104 Å². The summed E-state index contributed by atoms with van der Waals surface area (Å²) in [4.78, 5) is 72.2. The zero-order valence-corrected chi connectivity index (χ0v) is 45.3. The molecule has 0 radical (unpaired) electrons. The van der Waals surface area contributed by atoms with E-state index in [0.717, 1.165) is 30.3 Å². The molecule has 21 heteroatoms. The Bertz CT molecular complexity index is 2520. The van der Waals surface area contributed by atoms with Crippen molar-refractivity contribution >= 4 is 38.5 Å². The first-order chi connectivity index (χ1) is 34.2. The summed E-state index contributed by atoms with van der Waals surface area (Å²) in [6, 6.07) is 12.7.